The third kappa shape index (κ3) is 4.34. The zero-order valence-corrected chi connectivity index (χ0v) is 15.6. The van der Waals surface area contributed by atoms with E-state index in [0.717, 1.165) is 30.8 Å². The molecule has 27 heavy (non-hydrogen) atoms. The van der Waals surface area contributed by atoms with Gasteiger partial charge in [-0.2, -0.15) is 18.3 Å². The maximum atomic E-state index is 13.0. The predicted octanol–water partition coefficient (Wildman–Crippen LogP) is 6.05. The summed E-state index contributed by atoms with van der Waals surface area (Å²) in [6.45, 7) is 1.80. The van der Waals surface area contributed by atoms with Gasteiger partial charge in [-0.25, -0.2) is 4.68 Å². The minimum atomic E-state index is -4.46. The molecule has 0 spiro atoms. The average Bonchev–Trinajstić information content (AvgIpc) is 3.09. The van der Waals surface area contributed by atoms with E-state index in [1.165, 1.54) is 0 Å². The summed E-state index contributed by atoms with van der Waals surface area (Å²) in [6.07, 6.45) is -2.80. The molecule has 0 N–H and O–H groups in total. The molecule has 0 unspecified atom stereocenters. The summed E-state index contributed by atoms with van der Waals surface area (Å²) in [6, 6.07) is 16.5. The number of hydrogen-bond donors (Lipinski definition) is 0. The topological polar surface area (TPSA) is 27.1 Å². The molecule has 3 aromatic rings. The Morgan fingerprint density at radius 1 is 1.04 bits per heavy atom. The Bertz CT molecular complexity index is 920. The lowest BCUT2D eigenvalue weighted by Crippen LogP contribution is -2.41. The highest BCUT2D eigenvalue weighted by Gasteiger charge is 2.48. The van der Waals surface area contributed by atoms with Crippen LogP contribution in [0.1, 0.15) is 19.4 Å². The van der Waals surface area contributed by atoms with Crippen LogP contribution in [0.2, 0.25) is 5.02 Å². The van der Waals surface area contributed by atoms with Gasteiger partial charge in [0.05, 0.1) is 24.2 Å². The van der Waals surface area contributed by atoms with E-state index in [9.17, 15) is 13.2 Å². The van der Waals surface area contributed by atoms with Crippen molar-refractivity contribution in [3.63, 3.8) is 0 Å². The molecule has 0 saturated carbocycles. The molecule has 3 rings (SSSR count). The van der Waals surface area contributed by atoms with Crippen LogP contribution in [0.5, 0.6) is 0 Å². The summed E-state index contributed by atoms with van der Waals surface area (Å²) in [5, 5.41) is 4.75. The summed E-state index contributed by atoms with van der Waals surface area (Å²) in [5.41, 5.74) is 0.692. The fraction of sp³-hybridized carbons (Fsp3) is 0.250. The quantitative estimate of drug-likeness (QED) is 0.526. The Labute approximate surface area is 160 Å². The number of rotatable bonds is 5. The summed E-state index contributed by atoms with van der Waals surface area (Å²) in [4.78, 5) is 0. The number of nitrogens with zero attached hydrogens (tertiary/aromatic N) is 2. The molecule has 2 aromatic carbocycles. The monoisotopic (exact) mass is 394 g/mol. The van der Waals surface area contributed by atoms with E-state index in [1.807, 2.05) is 36.4 Å². The van der Waals surface area contributed by atoms with Gasteiger partial charge in [0, 0.05) is 10.6 Å². The van der Waals surface area contributed by atoms with Crippen molar-refractivity contribution in [3.05, 3.63) is 71.4 Å². The van der Waals surface area contributed by atoms with E-state index >= 15 is 0 Å². The molecule has 0 aliphatic carbocycles. The van der Waals surface area contributed by atoms with Crippen molar-refractivity contribution >= 4 is 11.6 Å². The lowest BCUT2D eigenvalue weighted by atomic mass is 10.1. The standard InChI is InChI=1S/C20H18ClF3N2O/c1-19(2,20(22,23)24)27-13-14-10-15(12-16(21)11-14)18-8-9-25-26(18)17-6-4-3-5-7-17/h3-12H,13H2,1-2H3. The van der Waals surface area contributed by atoms with E-state index in [-0.39, 0.29) is 6.61 Å². The number of halogens is 4. The van der Waals surface area contributed by atoms with Crippen molar-refractivity contribution in [3.8, 4) is 16.9 Å². The molecular weight excluding hydrogens is 377 g/mol. The highest BCUT2D eigenvalue weighted by molar-refractivity contribution is 6.30. The summed E-state index contributed by atoms with van der Waals surface area (Å²) < 4.78 is 45.9. The molecule has 0 bridgehead atoms. The van der Waals surface area contributed by atoms with Crippen LogP contribution in [0, 0.1) is 0 Å². The van der Waals surface area contributed by atoms with Crippen molar-refractivity contribution in [1.82, 2.24) is 9.78 Å². The van der Waals surface area contributed by atoms with E-state index < -0.39 is 11.8 Å². The van der Waals surface area contributed by atoms with Gasteiger partial charge in [0.25, 0.3) is 0 Å². The van der Waals surface area contributed by atoms with Crippen LogP contribution in [0.15, 0.2) is 60.8 Å². The second kappa shape index (κ2) is 7.37. The van der Waals surface area contributed by atoms with Gasteiger partial charge in [0.2, 0.25) is 0 Å². The van der Waals surface area contributed by atoms with Gasteiger partial charge >= 0.3 is 6.18 Å². The fourth-order valence-electron chi connectivity index (χ4n) is 2.52. The van der Waals surface area contributed by atoms with Gasteiger partial charge in [-0.15, -0.1) is 0 Å². The first-order chi connectivity index (χ1) is 12.7. The van der Waals surface area contributed by atoms with Crippen LogP contribution in [0.3, 0.4) is 0 Å². The predicted molar refractivity (Wildman–Crippen MR) is 98.9 cm³/mol. The minimum absolute atomic E-state index is 0.209. The van der Waals surface area contributed by atoms with Crippen molar-refractivity contribution in [2.75, 3.05) is 0 Å². The van der Waals surface area contributed by atoms with Gasteiger partial charge in [-0.3, -0.25) is 0 Å². The first-order valence-electron chi connectivity index (χ1n) is 8.27. The SMILES string of the molecule is CC(C)(OCc1cc(Cl)cc(-c2ccnn2-c2ccccc2)c1)C(F)(F)F. The number of alkyl halides is 3. The van der Waals surface area contributed by atoms with Gasteiger partial charge < -0.3 is 4.74 Å². The Kier molecular flexibility index (Phi) is 5.31. The Morgan fingerprint density at radius 3 is 2.41 bits per heavy atom. The maximum absolute atomic E-state index is 13.0. The van der Waals surface area contributed by atoms with Gasteiger partial charge in [-0.05, 0) is 55.8 Å². The summed E-state index contributed by atoms with van der Waals surface area (Å²) >= 11 is 6.20. The first kappa shape index (κ1) is 19.5. The molecule has 1 aromatic heterocycles. The van der Waals surface area contributed by atoms with Gasteiger partial charge in [0.15, 0.2) is 5.60 Å². The molecule has 0 amide bonds. The fourth-order valence-corrected chi connectivity index (χ4v) is 2.78. The zero-order chi connectivity index (χ0) is 19.7. The molecule has 1 heterocycles. The molecular formula is C20H18ClF3N2O. The smallest absolute Gasteiger partial charge is 0.361 e. The van der Waals surface area contributed by atoms with Crippen LogP contribution in [0.4, 0.5) is 13.2 Å². The summed E-state index contributed by atoms with van der Waals surface area (Å²) in [5.74, 6) is 0. The maximum Gasteiger partial charge on any atom is 0.416 e. The van der Waals surface area contributed by atoms with E-state index in [2.05, 4.69) is 5.10 Å². The lowest BCUT2D eigenvalue weighted by Gasteiger charge is -2.28. The van der Waals surface area contributed by atoms with Crippen LogP contribution < -0.4 is 0 Å². The van der Waals surface area contributed by atoms with E-state index in [0.29, 0.717) is 10.6 Å². The first-order valence-corrected chi connectivity index (χ1v) is 8.65. The highest BCUT2D eigenvalue weighted by Crippen LogP contribution is 2.34. The molecule has 142 valence electrons. The molecule has 0 saturated heterocycles. The largest absolute Gasteiger partial charge is 0.416 e. The molecule has 3 nitrogen and oxygen atoms in total. The Morgan fingerprint density at radius 2 is 1.74 bits per heavy atom. The number of benzene rings is 2. The average molecular weight is 395 g/mol. The van der Waals surface area contributed by atoms with E-state index in [4.69, 9.17) is 16.3 Å². The second-order valence-corrected chi connectivity index (χ2v) is 7.05. The summed E-state index contributed by atoms with van der Waals surface area (Å²) in [7, 11) is 0. The Balaban J connectivity index is 1.91. The molecule has 0 aliphatic rings. The second-order valence-electron chi connectivity index (χ2n) is 6.61. The molecule has 0 fully saturated rings. The highest BCUT2D eigenvalue weighted by atomic mass is 35.5. The van der Waals surface area contributed by atoms with E-state index in [1.54, 1.807) is 29.1 Å². The number of para-hydroxylation sites is 1. The number of hydrogen-bond acceptors (Lipinski definition) is 2. The van der Waals surface area contributed by atoms with Crippen molar-refractivity contribution in [2.45, 2.75) is 32.2 Å². The zero-order valence-electron chi connectivity index (χ0n) is 14.8. The normalized spacial score (nSPS) is 12.4. The van der Waals surface area contributed by atoms with Crippen molar-refractivity contribution < 1.29 is 17.9 Å². The van der Waals surface area contributed by atoms with Crippen molar-refractivity contribution in [1.29, 1.82) is 0 Å². The minimum Gasteiger partial charge on any atom is -0.361 e. The van der Waals surface area contributed by atoms with Gasteiger partial charge in [-0.1, -0.05) is 29.8 Å². The van der Waals surface area contributed by atoms with Crippen LogP contribution in [-0.4, -0.2) is 21.6 Å². The Hall–Kier alpha value is -2.31. The number of aromatic nitrogens is 2. The van der Waals surface area contributed by atoms with Crippen molar-refractivity contribution in [2.24, 2.45) is 0 Å². The number of ether oxygens (including phenoxy) is 1. The van der Waals surface area contributed by atoms with Crippen LogP contribution >= 0.6 is 11.6 Å². The van der Waals surface area contributed by atoms with Crippen LogP contribution in [-0.2, 0) is 11.3 Å². The third-order valence-electron chi connectivity index (χ3n) is 4.18. The third-order valence-corrected chi connectivity index (χ3v) is 4.40. The molecule has 7 heteroatoms. The molecule has 0 radical (unpaired) electrons. The molecule has 0 aliphatic heterocycles. The van der Waals surface area contributed by atoms with Crippen LogP contribution in [0.25, 0.3) is 16.9 Å². The lowest BCUT2D eigenvalue weighted by molar-refractivity contribution is -0.267. The van der Waals surface area contributed by atoms with Gasteiger partial charge in [0.1, 0.15) is 0 Å². The molecule has 0 atom stereocenters.